The summed E-state index contributed by atoms with van der Waals surface area (Å²) in [6, 6.07) is 3.91. The molecule has 1 aromatic rings. The number of rotatable bonds is 3. The minimum atomic E-state index is -0.117. The number of nitrogens with one attached hydrogen (secondary N) is 1. The number of aliphatic hydroxyl groups is 1. The summed E-state index contributed by atoms with van der Waals surface area (Å²) in [6.45, 7) is 0.476. The van der Waals surface area contributed by atoms with Gasteiger partial charge >= 0.3 is 0 Å². The summed E-state index contributed by atoms with van der Waals surface area (Å²) in [4.78, 5) is 14.0. The normalized spacial score (nSPS) is 27.3. The Hall–Kier alpha value is -1.31. The van der Waals surface area contributed by atoms with E-state index < -0.39 is 0 Å². The first-order chi connectivity index (χ1) is 9.26. The predicted octanol–water partition coefficient (Wildman–Crippen LogP) is 1.75. The van der Waals surface area contributed by atoms with E-state index in [0.29, 0.717) is 6.54 Å². The third-order valence-electron chi connectivity index (χ3n) is 4.00. The molecule has 4 heteroatoms. The Morgan fingerprint density at radius 1 is 1.37 bits per heavy atom. The van der Waals surface area contributed by atoms with Crippen LogP contribution < -0.4 is 5.32 Å². The maximum atomic E-state index is 12.0. The van der Waals surface area contributed by atoms with Gasteiger partial charge in [-0.25, -0.2) is 0 Å². The van der Waals surface area contributed by atoms with Gasteiger partial charge in [0.25, 0.3) is 0 Å². The second-order valence-electron chi connectivity index (χ2n) is 5.37. The largest absolute Gasteiger partial charge is 0.384 e. The summed E-state index contributed by atoms with van der Waals surface area (Å²) in [7, 11) is 0. The third-order valence-corrected chi connectivity index (χ3v) is 5.00. The smallest absolute Gasteiger partial charge is 0.223 e. The van der Waals surface area contributed by atoms with E-state index in [1.807, 2.05) is 12.1 Å². The Labute approximate surface area is 117 Å². The zero-order valence-electron chi connectivity index (χ0n) is 10.7. The third kappa shape index (κ3) is 2.99. The fraction of sp³-hybridized carbons (Fsp3) is 0.533. The molecular weight excluding hydrogens is 258 g/mol. The van der Waals surface area contributed by atoms with Crippen molar-refractivity contribution in [1.82, 2.24) is 5.32 Å². The molecule has 2 saturated carbocycles. The summed E-state index contributed by atoms with van der Waals surface area (Å²) in [5, 5.41) is 11.7. The molecule has 1 amide bonds. The summed E-state index contributed by atoms with van der Waals surface area (Å²) in [5.41, 5.74) is 0. The zero-order chi connectivity index (χ0) is 13.2. The standard InChI is InChI=1S/C15H17NO2S/c17-5-1-2-13-3-4-14(19-13)9-16-15(18)12-7-10-6-11(10)8-12/h3-4,10-12,17H,5-9H2,(H,16,18). The average molecular weight is 275 g/mol. The summed E-state index contributed by atoms with van der Waals surface area (Å²) < 4.78 is 0. The van der Waals surface area contributed by atoms with Crippen LogP contribution in [0.3, 0.4) is 0 Å². The van der Waals surface area contributed by atoms with E-state index in [1.54, 1.807) is 11.3 Å². The molecule has 1 heterocycles. The molecule has 0 aliphatic heterocycles. The number of hydrogen-bond acceptors (Lipinski definition) is 3. The highest BCUT2D eigenvalue weighted by atomic mass is 32.1. The summed E-state index contributed by atoms with van der Waals surface area (Å²) >= 11 is 1.57. The molecular formula is C15H17NO2S. The lowest BCUT2D eigenvalue weighted by molar-refractivity contribution is -0.125. The highest BCUT2D eigenvalue weighted by Crippen LogP contribution is 2.54. The van der Waals surface area contributed by atoms with Gasteiger partial charge in [-0.1, -0.05) is 11.8 Å². The Balaban J connectivity index is 1.48. The molecule has 100 valence electrons. The molecule has 3 rings (SSSR count). The van der Waals surface area contributed by atoms with Crippen molar-refractivity contribution < 1.29 is 9.90 Å². The molecule has 1 aromatic heterocycles. The van der Waals surface area contributed by atoms with Crippen molar-refractivity contribution in [3.05, 3.63) is 21.9 Å². The van der Waals surface area contributed by atoms with Crippen molar-refractivity contribution in [2.75, 3.05) is 6.61 Å². The van der Waals surface area contributed by atoms with E-state index in [2.05, 4.69) is 17.2 Å². The maximum Gasteiger partial charge on any atom is 0.223 e. The molecule has 2 aliphatic carbocycles. The van der Waals surface area contributed by atoms with Crippen LogP contribution in [-0.2, 0) is 11.3 Å². The van der Waals surface area contributed by atoms with Gasteiger partial charge in [0.2, 0.25) is 5.91 Å². The number of hydrogen-bond donors (Lipinski definition) is 2. The maximum absolute atomic E-state index is 12.0. The fourth-order valence-electron chi connectivity index (χ4n) is 2.91. The van der Waals surface area contributed by atoms with E-state index in [1.165, 1.54) is 6.42 Å². The summed E-state index contributed by atoms with van der Waals surface area (Å²) in [6.07, 6.45) is 3.53. The first-order valence-electron chi connectivity index (χ1n) is 6.72. The first-order valence-corrected chi connectivity index (χ1v) is 7.54. The Morgan fingerprint density at radius 2 is 2.16 bits per heavy atom. The number of carbonyl (C=O) groups is 1. The van der Waals surface area contributed by atoms with Crippen molar-refractivity contribution >= 4 is 17.2 Å². The minimum absolute atomic E-state index is 0.117. The highest BCUT2D eigenvalue weighted by molar-refractivity contribution is 7.12. The van der Waals surface area contributed by atoms with Gasteiger partial charge in [0.05, 0.1) is 11.4 Å². The molecule has 0 bridgehead atoms. The molecule has 0 aromatic carbocycles. The zero-order valence-corrected chi connectivity index (χ0v) is 11.5. The second-order valence-corrected chi connectivity index (χ2v) is 6.54. The first kappa shape index (κ1) is 12.7. The Kier molecular flexibility index (Phi) is 3.58. The molecule has 0 radical (unpaired) electrons. The van der Waals surface area contributed by atoms with Gasteiger partial charge in [-0.2, -0.15) is 0 Å². The lowest BCUT2D eigenvalue weighted by atomic mass is 10.0. The predicted molar refractivity (Wildman–Crippen MR) is 74.5 cm³/mol. The van der Waals surface area contributed by atoms with E-state index in [-0.39, 0.29) is 18.4 Å². The van der Waals surface area contributed by atoms with E-state index in [4.69, 9.17) is 5.11 Å². The van der Waals surface area contributed by atoms with Crippen LogP contribution >= 0.6 is 11.3 Å². The van der Waals surface area contributed by atoms with E-state index in [0.717, 1.165) is 34.4 Å². The van der Waals surface area contributed by atoms with Gasteiger partial charge in [-0.15, -0.1) is 11.3 Å². The molecule has 2 N–H and O–H groups in total. The van der Waals surface area contributed by atoms with Crippen LogP contribution in [0.1, 0.15) is 29.0 Å². The molecule has 0 saturated heterocycles. The number of amides is 1. The van der Waals surface area contributed by atoms with Crippen LogP contribution in [0.15, 0.2) is 12.1 Å². The number of carbonyl (C=O) groups excluding carboxylic acids is 1. The molecule has 2 unspecified atom stereocenters. The lowest BCUT2D eigenvalue weighted by Gasteiger charge is -2.11. The van der Waals surface area contributed by atoms with Crippen LogP contribution in [0.5, 0.6) is 0 Å². The Bertz CT molecular complexity index is 530. The number of thiophene rings is 1. The van der Waals surface area contributed by atoms with Crippen LogP contribution in [0, 0.1) is 29.6 Å². The number of aliphatic hydroxyl groups excluding tert-OH is 1. The molecule has 3 nitrogen and oxygen atoms in total. The second kappa shape index (κ2) is 5.36. The SMILES string of the molecule is O=C(NCc1ccc(C#CCO)s1)C1CC2CC2C1. The monoisotopic (exact) mass is 275 g/mol. The average Bonchev–Trinajstić information content (AvgIpc) is 2.86. The van der Waals surface area contributed by atoms with Gasteiger partial charge in [0, 0.05) is 10.8 Å². The topological polar surface area (TPSA) is 49.3 Å². The van der Waals surface area contributed by atoms with Gasteiger partial charge in [-0.05, 0) is 43.2 Å². The quantitative estimate of drug-likeness (QED) is 0.826. The fourth-order valence-corrected chi connectivity index (χ4v) is 3.74. The van der Waals surface area contributed by atoms with Gasteiger partial charge in [-0.3, -0.25) is 4.79 Å². The summed E-state index contributed by atoms with van der Waals surface area (Å²) in [5.74, 6) is 7.65. The molecule has 0 spiro atoms. The number of fused-ring (bicyclic) bond motifs is 1. The van der Waals surface area contributed by atoms with Crippen LogP contribution in [0.25, 0.3) is 0 Å². The van der Waals surface area contributed by atoms with Gasteiger partial charge in [0.1, 0.15) is 6.61 Å². The van der Waals surface area contributed by atoms with Crippen molar-refractivity contribution in [2.24, 2.45) is 17.8 Å². The molecule has 2 aliphatic rings. The van der Waals surface area contributed by atoms with E-state index >= 15 is 0 Å². The van der Waals surface area contributed by atoms with Crippen molar-refractivity contribution in [2.45, 2.75) is 25.8 Å². The van der Waals surface area contributed by atoms with Crippen LogP contribution in [0.2, 0.25) is 0 Å². The van der Waals surface area contributed by atoms with Crippen molar-refractivity contribution in [1.29, 1.82) is 0 Å². The van der Waals surface area contributed by atoms with Gasteiger partial charge < -0.3 is 10.4 Å². The van der Waals surface area contributed by atoms with Crippen molar-refractivity contribution in [3.63, 3.8) is 0 Å². The van der Waals surface area contributed by atoms with Crippen molar-refractivity contribution in [3.8, 4) is 11.8 Å². The molecule has 19 heavy (non-hydrogen) atoms. The van der Waals surface area contributed by atoms with E-state index in [9.17, 15) is 4.79 Å². The van der Waals surface area contributed by atoms with Gasteiger partial charge in [0.15, 0.2) is 0 Å². The highest BCUT2D eigenvalue weighted by Gasteiger charge is 2.47. The Morgan fingerprint density at radius 3 is 2.89 bits per heavy atom. The lowest BCUT2D eigenvalue weighted by Crippen LogP contribution is -2.29. The molecule has 2 atom stereocenters. The molecule has 2 fully saturated rings. The van der Waals surface area contributed by atoms with Crippen LogP contribution in [-0.4, -0.2) is 17.6 Å². The minimum Gasteiger partial charge on any atom is -0.384 e. The van der Waals surface area contributed by atoms with Crippen LogP contribution in [0.4, 0.5) is 0 Å².